The van der Waals surface area contributed by atoms with Gasteiger partial charge in [-0.05, 0) is 37.8 Å². The number of nitrogens with one attached hydrogen (secondary N) is 1. The van der Waals surface area contributed by atoms with E-state index in [4.69, 9.17) is 16.7 Å². The average Bonchev–Trinajstić information content (AvgIpc) is 3.09. The number of carboxylic acid groups (broad SMARTS) is 1. The number of hydrogen-bond acceptors (Lipinski definition) is 2. The van der Waals surface area contributed by atoms with E-state index in [-0.39, 0.29) is 35.5 Å². The van der Waals surface area contributed by atoms with Crippen molar-refractivity contribution < 1.29 is 19.1 Å². The minimum atomic E-state index is -0.806. The van der Waals surface area contributed by atoms with Crippen molar-refractivity contribution in [1.82, 2.24) is 5.32 Å². The van der Waals surface area contributed by atoms with Crippen LogP contribution in [0, 0.1) is 17.7 Å². The zero-order valence-electron chi connectivity index (χ0n) is 11.9. The number of benzene rings is 1. The molecular weight excluding hydrogens is 309 g/mol. The highest BCUT2D eigenvalue weighted by atomic mass is 35.5. The summed E-state index contributed by atoms with van der Waals surface area (Å²) in [4.78, 5) is 23.1. The molecule has 4 nitrogen and oxygen atoms in total. The fraction of sp³-hybridized carbons (Fsp3) is 0.500. The summed E-state index contributed by atoms with van der Waals surface area (Å²) in [6.45, 7) is 0. The maximum Gasteiger partial charge on any atom is 0.306 e. The second-order valence-electron chi connectivity index (χ2n) is 6.14. The van der Waals surface area contributed by atoms with Gasteiger partial charge in [0.25, 0.3) is 0 Å². The van der Waals surface area contributed by atoms with Crippen LogP contribution in [0.4, 0.5) is 4.39 Å². The van der Waals surface area contributed by atoms with Crippen molar-refractivity contribution >= 4 is 23.5 Å². The third-order valence-corrected chi connectivity index (χ3v) is 4.96. The maximum absolute atomic E-state index is 13.8. The van der Waals surface area contributed by atoms with Gasteiger partial charge in [-0.1, -0.05) is 17.7 Å². The molecule has 2 fully saturated rings. The minimum absolute atomic E-state index is 0.0917. The summed E-state index contributed by atoms with van der Waals surface area (Å²) in [7, 11) is 0. The molecule has 1 amide bonds. The fourth-order valence-corrected chi connectivity index (χ4v) is 3.62. The quantitative estimate of drug-likeness (QED) is 0.894. The molecule has 2 saturated carbocycles. The topological polar surface area (TPSA) is 66.4 Å². The number of amides is 1. The second kappa shape index (κ2) is 5.88. The molecule has 3 rings (SSSR count). The molecule has 0 radical (unpaired) electrons. The number of hydrogen-bond donors (Lipinski definition) is 2. The first-order valence-corrected chi connectivity index (χ1v) is 7.82. The molecule has 1 aromatic rings. The summed E-state index contributed by atoms with van der Waals surface area (Å²) in [6.07, 6.45) is 2.33. The van der Waals surface area contributed by atoms with E-state index in [0.717, 1.165) is 0 Å². The Labute approximate surface area is 132 Å². The number of halogens is 2. The van der Waals surface area contributed by atoms with Crippen molar-refractivity contribution in [2.75, 3.05) is 0 Å². The van der Waals surface area contributed by atoms with Crippen molar-refractivity contribution in [3.05, 3.63) is 34.6 Å². The van der Waals surface area contributed by atoms with E-state index in [1.807, 2.05) is 0 Å². The van der Waals surface area contributed by atoms with Crippen molar-refractivity contribution in [1.29, 1.82) is 0 Å². The number of rotatable bonds is 4. The molecule has 0 bridgehead atoms. The van der Waals surface area contributed by atoms with E-state index in [1.165, 1.54) is 6.07 Å². The van der Waals surface area contributed by atoms with Crippen molar-refractivity contribution in [3.63, 3.8) is 0 Å². The fourth-order valence-electron chi connectivity index (χ4n) is 3.31. The smallest absolute Gasteiger partial charge is 0.306 e. The lowest BCUT2D eigenvalue weighted by atomic mass is 10.1. The van der Waals surface area contributed by atoms with Crippen LogP contribution in [0.2, 0.25) is 5.02 Å². The van der Waals surface area contributed by atoms with E-state index in [0.29, 0.717) is 36.3 Å². The summed E-state index contributed by atoms with van der Waals surface area (Å²) in [5.41, 5.74) is 0.416. The molecule has 0 aliphatic heterocycles. The Morgan fingerprint density at radius 1 is 1.27 bits per heavy atom. The molecule has 2 N–H and O–H groups in total. The van der Waals surface area contributed by atoms with Gasteiger partial charge in [-0.25, -0.2) is 4.39 Å². The SMILES string of the molecule is O=C(N[C@H]1CC[C@@H](C(=O)O)C1)C1CC1c1c(F)cccc1Cl. The molecule has 0 saturated heterocycles. The molecule has 2 aliphatic rings. The van der Waals surface area contributed by atoms with Crippen LogP contribution in [0.5, 0.6) is 0 Å². The minimum Gasteiger partial charge on any atom is -0.481 e. The Morgan fingerprint density at radius 2 is 2.05 bits per heavy atom. The van der Waals surface area contributed by atoms with Crippen LogP contribution < -0.4 is 5.32 Å². The normalized spacial score (nSPS) is 30.1. The molecule has 118 valence electrons. The summed E-state index contributed by atoms with van der Waals surface area (Å²) in [5, 5.41) is 12.2. The largest absolute Gasteiger partial charge is 0.481 e. The first-order valence-electron chi connectivity index (χ1n) is 7.44. The van der Waals surface area contributed by atoms with Crippen molar-refractivity contribution in [2.45, 2.75) is 37.6 Å². The van der Waals surface area contributed by atoms with Gasteiger partial charge in [-0.3, -0.25) is 9.59 Å². The lowest BCUT2D eigenvalue weighted by molar-refractivity contribution is -0.141. The maximum atomic E-state index is 13.8. The van der Waals surface area contributed by atoms with Crippen molar-refractivity contribution in [2.24, 2.45) is 11.8 Å². The number of aliphatic carboxylic acids is 1. The Balaban J connectivity index is 1.59. The van der Waals surface area contributed by atoms with Crippen LogP contribution in [0.3, 0.4) is 0 Å². The van der Waals surface area contributed by atoms with Crippen LogP contribution in [-0.4, -0.2) is 23.0 Å². The van der Waals surface area contributed by atoms with Gasteiger partial charge < -0.3 is 10.4 Å². The van der Waals surface area contributed by atoms with E-state index < -0.39 is 5.97 Å². The van der Waals surface area contributed by atoms with E-state index in [1.54, 1.807) is 12.1 Å². The molecule has 0 aromatic heterocycles. The van der Waals surface area contributed by atoms with Crippen LogP contribution in [0.25, 0.3) is 0 Å². The number of carbonyl (C=O) groups is 2. The molecule has 2 unspecified atom stereocenters. The first kappa shape index (κ1) is 15.3. The number of carboxylic acids is 1. The highest BCUT2D eigenvalue weighted by Gasteiger charge is 2.47. The van der Waals surface area contributed by atoms with Crippen LogP contribution in [-0.2, 0) is 9.59 Å². The standard InChI is InChI=1S/C16H17ClFNO3/c17-12-2-1-3-13(18)14(12)10-7-11(10)15(20)19-9-5-4-8(6-9)16(21)22/h1-3,8-11H,4-7H2,(H,19,20)(H,21,22)/t8-,9+,10?,11?/m1/s1. The molecule has 1 aromatic carbocycles. The van der Waals surface area contributed by atoms with Gasteiger partial charge in [-0.15, -0.1) is 0 Å². The number of carbonyl (C=O) groups excluding carboxylic acids is 1. The van der Waals surface area contributed by atoms with Gasteiger partial charge in [0.15, 0.2) is 0 Å². The van der Waals surface area contributed by atoms with Gasteiger partial charge in [0.1, 0.15) is 5.82 Å². The van der Waals surface area contributed by atoms with E-state index in [2.05, 4.69) is 5.32 Å². The first-order chi connectivity index (χ1) is 10.5. The predicted octanol–water partition coefficient (Wildman–Crippen LogP) is 2.95. The molecule has 4 atom stereocenters. The summed E-state index contributed by atoms with van der Waals surface area (Å²) in [6, 6.07) is 4.43. The third-order valence-electron chi connectivity index (χ3n) is 4.63. The van der Waals surface area contributed by atoms with E-state index in [9.17, 15) is 14.0 Å². The summed E-state index contributed by atoms with van der Waals surface area (Å²) < 4.78 is 13.8. The Kier molecular flexibility index (Phi) is 4.08. The molecule has 0 heterocycles. The van der Waals surface area contributed by atoms with Gasteiger partial charge in [0.05, 0.1) is 5.92 Å². The summed E-state index contributed by atoms with van der Waals surface area (Å²) in [5.74, 6) is -2.12. The third kappa shape index (κ3) is 2.95. The highest BCUT2D eigenvalue weighted by Crippen LogP contribution is 2.50. The zero-order valence-corrected chi connectivity index (χ0v) is 12.6. The van der Waals surface area contributed by atoms with Gasteiger partial charge in [-0.2, -0.15) is 0 Å². The van der Waals surface area contributed by atoms with Crippen molar-refractivity contribution in [3.8, 4) is 0 Å². The monoisotopic (exact) mass is 325 g/mol. The Morgan fingerprint density at radius 3 is 2.68 bits per heavy atom. The predicted molar refractivity (Wildman–Crippen MR) is 79.2 cm³/mol. The summed E-state index contributed by atoms with van der Waals surface area (Å²) >= 11 is 6.02. The van der Waals surface area contributed by atoms with Gasteiger partial charge in [0.2, 0.25) is 5.91 Å². The van der Waals surface area contributed by atoms with Crippen LogP contribution in [0.15, 0.2) is 18.2 Å². The van der Waals surface area contributed by atoms with E-state index >= 15 is 0 Å². The molecule has 0 spiro atoms. The van der Waals surface area contributed by atoms with Gasteiger partial charge >= 0.3 is 5.97 Å². The molecule has 22 heavy (non-hydrogen) atoms. The lowest BCUT2D eigenvalue weighted by Crippen LogP contribution is -2.34. The Hall–Kier alpha value is -1.62. The van der Waals surface area contributed by atoms with Crippen LogP contribution >= 0.6 is 11.6 Å². The Bertz CT molecular complexity index is 601. The van der Waals surface area contributed by atoms with Gasteiger partial charge in [0, 0.05) is 28.5 Å². The molecule has 6 heteroatoms. The molecule has 2 aliphatic carbocycles. The lowest BCUT2D eigenvalue weighted by Gasteiger charge is -2.12. The average molecular weight is 326 g/mol. The zero-order chi connectivity index (χ0) is 15.9. The highest BCUT2D eigenvalue weighted by molar-refractivity contribution is 6.31. The second-order valence-corrected chi connectivity index (χ2v) is 6.54. The van der Waals surface area contributed by atoms with Crippen LogP contribution in [0.1, 0.15) is 37.2 Å². The molecular formula is C16H17ClFNO3.